The molecule has 1 aromatic heterocycles. The Labute approximate surface area is 166 Å². The molecule has 4 rings (SSSR count). The van der Waals surface area contributed by atoms with E-state index in [-0.39, 0.29) is 0 Å². The van der Waals surface area contributed by atoms with Gasteiger partial charge in [0.05, 0.1) is 31.7 Å². The first kappa shape index (κ1) is 17.6. The minimum atomic E-state index is 0.671. The first-order valence-electron chi connectivity index (χ1n) is 8.62. The van der Waals surface area contributed by atoms with Gasteiger partial charge in [0.15, 0.2) is 0 Å². The molecule has 0 amide bonds. The van der Waals surface area contributed by atoms with Crippen LogP contribution in [-0.4, -0.2) is 24.0 Å². The number of methoxy groups -OCH3 is 2. The number of halogens is 1. The van der Waals surface area contributed by atoms with Crippen LogP contribution < -0.4 is 9.47 Å². The highest BCUT2D eigenvalue weighted by atomic mass is 79.9. The van der Waals surface area contributed by atoms with E-state index in [1.165, 1.54) is 5.56 Å². The lowest BCUT2D eigenvalue weighted by atomic mass is 10.1. The van der Waals surface area contributed by atoms with E-state index in [4.69, 9.17) is 14.6 Å². The summed E-state index contributed by atoms with van der Waals surface area (Å²) in [7, 11) is 3.34. The average Bonchev–Trinajstić information content (AvgIpc) is 3.07. The molecule has 0 aliphatic carbocycles. The Morgan fingerprint density at radius 1 is 0.926 bits per heavy atom. The molecule has 1 heterocycles. The van der Waals surface area contributed by atoms with Gasteiger partial charge < -0.3 is 9.47 Å². The molecule has 0 aliphatic rings. The third-order valence-corrected chi connectivity index (χ3v) is 5.07. The van der Waals surface area contributed by atoms with E-state index in [1.54, 1.807) is 14.2 Å². The Hall–Kier alpha value is -2.79. The average molecular weight is 423 g/mol. The summed E-state index contributed by atoms with van der Waals surface area (Å²) < 4.78 is 14.2. The third-order valence-electron chi connectivity index (χ3n) is 4.54. The Bertz CT molecular complexity index is 1070. The summed E-state index contributed by atoms with van der Waals surface area (Å²) in [6.45, 7) is 0.671. The fraction of sp³-hybridized carbons (Fsp3) is 0.136. The smallest absolute Gasteiger partial charge is 0.134 e. The number of nitrogens with zero attached hydrogens (tertiary/aromatic N) is 2. The number of ether oxygens (including phenoxy) is 2. The molecule has 0 bridgehead atoms. The van der Waals surface area contributed by atoms with Crippen LogP contribution in [0.25, 0.3) is 22.2 Å². The van der Waals surface area contributed by atoms with E-state index in [9.17, 15) is 0 Å². The summed E-state index contributed by atoms with van der Waals surface area (Å²) >= 11 is 3.50. The first-order chi connectivity index (χ1) is 13.2. The fourth-order valence-corrected chi connectivity index (χ4v) is 3.47. The summed E-state index contributed by atoms with van der Waals surface area (Å²) in [5.41, 5.74) is 4.10. The molecule has 136 valence electrons. The standard InChI is InChI=1S/C22H19BrN2O2/c1-26-18-12-19-21(20(13-18)27-2)22(16-8-10-17(23)11-9-16)24-25(19)14-15-6-4-3-5-7-15/h3-13H,14H2,1-2H3. The van der Waals surface area contributed by atoms with E-state index < -0.39 is 0 Å². The molecule has 0 aliphatic heterocycles. The lowest BCUT2D eigenvalue weighted by Crippen LogP contribution is -2.01. The molecule has 0 unspecified atom stereocenters. The molecule has 5 heteroatoms. The molecule has 0 N–H and O–H groups in total. The van der Waals surface area contributed by atoms with E-state index in [1.807, 2.05) is 47.1 Å². The summed E-state index contributed by atoms with van der Waals surface area (Å²) in [6.07, 6.45) is 0. The fourth-order valence-electron chi connectivity index (χ4n) is 3.21. The highest BCUT2D eigenvalue weighted by Crippen LogP contribution is 2.38. The number of benzene rings is 3. The third kappa shape index (κ3) is 3.43. The van der Waals surface area contributed by atoms with Crippen molar-refractivity contribution in [3.63, 3.8) is 0 Å². The van der Waals surface area contributed by atoms with E-state index in [0.29, 0.717) is 6.54 Å². The number of hydrogen-bond donors (Lipinski definition) is 0. The normalized spacial score (nSPS) is 10.9. The van der Waals surface area contributed by atoms with Crippen molar-refractivity contribution >= 4 is 26.8 Å². The van der Waals surface area contributed by atoms with Gasteiger partial charge in [0.25, 0.3) is 0 Å². The van der Waals surface area contributed by atoms with E-state index >= 15 is 0 Å². The van der Waals surface area contributed by atoms with Crippen LogP contribution in [-0.2, 0) is 6.54 Å². The molecule has 0 spiro atoms. The summed E-state index contributed by atoms with van der Waals surface area (Å²) in [4.78, 5) is 0. The van der Waals surface area contributed by atoms with Gasteiger partial charge in [-0.2, -0.15) is 5.10 Å². The van der Waals surface area contributed by atoms with Crippen LogP contribution in [0.15, 0.2) is 71.2 Å². The van der Waals surface area contributed by atoms with Gasteiger partial charge in [-0.05, 0) is 17.7 Å². The second-order valence-electron chi connectivity index (χ2n) is 6.22. The van der Waals surface area contributed by atoms with Crippen molar-refractivity contribution in [3.8, 4) is 22.8 Å². The minimum absolute atomic E-state index is 0.671. The van der Waals surface area contributed by atoms with Gasteiger partial charge >= 0.3 is 0 Å². The molecule has 0 saturated carbocycles. The summed E-state index contributed by atoms with van der Waals surface area (Å²) in [5.74, 6) is 1.50. The van der Waals surface area contributed by atoms with Crippen molar-refractivity contribution in [2.45, 2.75) is 6.54 Å². The van der Waals surface area contributed by atoms with Crippen molar-refractivity contribution in [2.24, 2.45) is 0 Å². The molecule has 3 aromatic carbocycles. The predicted molar refractivity (Wildman–Crippen MR) is 112 cm³/mol. The van der Waals surface area contributed by atoms with Crippen LogP contribution in [0.4, 0.5) is 0 Å². The maximum absolute atomic E-state index is 5.68. The van der Waals surface area contributed by atoms with Gasteiger partial charge in [0.2, 0.25) is 0 Å². The van der Waals surface area contributed by atoms with Gasteiger partial charge in [-0.3, -0.25) is 4.68 Å². The van der Waals surface area contributed by atoms with Gasteiger partial charge in [0.1, 0.15) is 17.2 Å². The molecule has 0 radical (unpaired) electrons. The Morgan fingerprint density at radius 2 is 1.67 bits per heavy atom. The van der Waals surface area contributed by atoms with Crippen molar-refractivity contribution in [2.75, 3.05) is 14.2 Å². The topological polar surface area (TPSA) is 36.3 Å². The summed E-state index contributed by atoms with van der Waals surface area (Å²) in [5, 5.41) is 5.92. The maximum atomic E-state index is 5.68. The van der Waals surface area contributed by atoms with Gasteiger partial charge in [-0.15, -0.1) is 0 Å². The molecule has 4 aromatic rings. The zero-order valence-corrected chi connectivity index (χ0v) is 16.7. The first-order valence-corrected chi connectivity index (χ1v) is 9.41. The van der Waals surface area contributed by atoms with Crippen LogP contribution >= 0.6 is 15.9 Å². The van der Waals surface area contributed by atoms with Crippen LogP contribution in [0.1, 0.15) is 5.56 Å². The lowest BCUT2D eigenvalue weighted by molar-refractivity contribution is 0.398. The number of fused-ring (bicyclic) bond motifs is 1. The van der Waals surface area contributed by atoms with Crippen molar-refractivity contribution in [1.29, 1.82) is 0 Å². The second kappa shape index (κ2) is 7.45. The SMILES string of the molecule is COc1cc(OC)c2c(-c3ccc(Br)cc3)nn(Cc3ccccc3)c2c1. The highest BCUT2D eigenvalue weighted by molar-refractivity contribution is 9.10. The predicted octanol–water partition coefficient (Wildman–Crippen LogP) is 5.53. The monoisotopic (exact) mass is 422 g/mol. The van der Waals surface area contributed by atoms with Crippen LogP contribution in [0.2, 0.25) is 0 Å². The highest BCUT2D eigenvalue weighted by Gasteiger charge is 2.18. The lowest BCUT2D eigenvalue weighted by Gasteiger charge is -2.08. The molecule has 0 atom stereocenters. The summed E-state index contributed by atoms with van der Waals surface area (Å²) in [6, 6.07) is 22.4. The largest absolute Gasteiger partial charge is 0.497 e. The zero-order chi connectivity index (χ0) is 18.8. The molecular formula is C22H19BrN2O2. The van der Waals surface area contributed by atoms with Crippen LogP contribution in [0, 0.1) is 0 Å². The van der Waals surface area contributed by atoms with Gasteiger partial charge in [-0.25, -0.2) is 0 Å². The molecular weight excluding hydrogens is 404 g/mol. The van der Waals surface area contributed by atoms with Crippen LogP contribution in [0.3, 0.4) is 0 Å². The van der Waals surface area contributed by atoms with Crippen molar-refractivity contribution in [3.05, 3.63) is 76.8 Å². The Balaban J connectivity index is 1.95. The van der Waals surface area contributed by atoms with Crippen molar-refractivity contribution < 1.29 is 9.47 Å². The second-order valence-corrected chi connectivity index (χ2v) is 7.14. The van der Waals surface area contributed by atoms with Gasteiger partial charge in [-0.1, -0.05) is 58.4 Å². The zero-order valence-electron chi connectivity index (χ0n) is 15.1. The molecule has 4 nitrogen and oxygen atoms in total. The van der Waals surface area contributed by atoms with Gasteiger partial charge in [0, 0.05) is 22.2 Å². The number of aromatic nitrogens is 2. The molecule has 0 fully saturated rings. The van der Waals surface area contributed by atoms with E-state index in [0.717, 1.165) is 38.1 Å². The molecule has 0 saturated heterocycles. The van der Waals surface area contributed by atoms with Crippen LogP contribution in [0.5, 0.6) is 11.5 Å². The Morgan fingerprint density at radius 3 is 2.33 bits per heavy atom. The van der Waals surface area contributed by atoms with E-state index in [2.05, 4.69) is 40.2 Å². The Kier molecular flexibility index (Phi) is 4.86. The minimum Gasteiger partial charge on any atom is -0.497 e. The number of hydrogen-bond acceptors (Lipinski definition) is 3. The number of rotatable bonds is 5. The maximum Gasteiger partial charge on any atom is 0.134 e. The van der Waals surface area contributed by atoms with Crippen molar-refractivity contribution in [1.82, 2.24) is 9.78 Å². The molecule has 27 heavy (non-hydrogen) atoms. The quantitative estimate of drug-likeness (QED) is 0.424.